The number of hydrogen-bond donors (Lipinski definition) is 1. The zero-order valence-electron chi connectivity index (χ0n) is 15.4. The van der Waals surface area contributed by atoms with Crippen LogP contribution in [0, 0.1) is 23.2 Å². The molecule has 0 spiro atoms. The predicted molar refractivity (Wildman–Crippen MR) is 91.2 cm³/mol. The fraction of sp³-hybridized carbons (Fsp3) is 0.882. The summed E-state index contributed by atoms with van der Waals surface area (Å²) in [5.74, 6) is 1.73. The molecular weight excluding hydrogens is 292 g/mol. The molecule has 0 saturated carbocycles. The molecule has 4 amide bonds. The average Bonchev–Trinajstić information content (AvgIpc) is 2.31. The van der Waals surface area contributed by atoms with E-state index in [0.717, 1.165) is 26.2 Å². The van der Waals surface area contributed by atoms with Gasteiger partial charge in [-0.1, -0.05) is 27.7 Å². The van der Waals surface area contributed by atoms with Gasteiger partial charge in [0.05, 0.1) is 0 Å². The number of carbonyl (C=O) groups excluding carboxylic acids is 2. The molecule has 2 rings (SSSR count). The van der Waals surface area contributed by atoms with E-state index in [2.05, 4.69) is 33.0 Å². The van der Waals surface area contributed by atoms with E-state index in [-0.39, 0.29) is 17.5 Å². The van der Waals surface area contributed by atoms with E-state index in [4.69, 9.17) is 0 Å². The van der Waals surface area contributed by atoms with Crippen LogP contribution in [0.2, 0.25) is 0 Å². The molecule has 1 N–H and O–H groups in total. The van der Waals surface area contributed by atoms with Crippen LogP contribution in [0.3, 0.4) is 0 Å². The summed E-state index contributed by atoms with van der Waals surface area (Å²) in [6.07, 6.45) is 0. The Morgan fingerprint density at radius 2 is 1.70 bits per heavy atom. The van der Waals surface area contributed by atoms with Gasteiger partial charge in [0.2, 0.25) is 0 Å². The lowest BCUT2D eigenvalue weighted by molar-refractivity contribution is 0.0312. The van der Waals surface area contributed by atoms with Gasteiger partial charge in [-0.3, -0.25) is 0 Å². The highest BCUT2D eigenvalue weighted by Crippen LogP contribution is 2.34. The van der Waals surface area contributed by atoms with E-state index in [1.807, 2.05) is 9.80 Å². The molecule has 6 heteroatoms. The molecule has 0 aromatic heterocycles. The first-order chi connectivity index (χ1) is 10.6. The van der Waals surface area contributed by atoms with Gasteiger partial charge in [0.1, 0.15) is 0 Å². The van der Waals surface area contributed by atoms with Gasteiger partial charge in [0.15, 0.2) is 0 Å². The first kappa shape index (κ1) is 17.9. The zero-order valence-corrected chi connectivity index (χ0v) is 15.4. The second-order valence-electron chi connectivity index (χ2n) is 8.34. The molecule has 0 bridgehead atoms. The van der Waals surface area contributed by atoms with Gasteiger partial charge in [-0.15, -0.1) is 0 Å². The summed E-state index contributed by atoms with van der Waals surface area (Å²) in [5.41, 5.74) is 0.00106. The molecule has 0 atom stereocenters. The Morgan fingerprint density at radius 1 is 1.13 bits per heavy atom. The van der Waals surface area contributed by atoms with Crippen molar-refractivity contribution in [1.29, 1.82) is 0 Å². The summed E-state index contributed by atoms with van der Waals surface area (Å²) in [7, 11) is 3.55. The Morgan fingerprint density at radius 3 is 2.17 bits per heavy atom. The third-order valence-corrected chi connectivity index (χ3v) is 5.47. The van der Waals surface area contributed by atoms with Crippen molar-refractivity contribution in [1.82, 2.24) is 20.0 Å². The normalized spacial score (nSPS) is 19.4. The molecule has 23 heavy (non-hydrogen) atoms. The van der Waals surface area contributed by atoms with Crippen molar-refractivity contribution >= 4 is 12.1 Å². The van der Waals surface area contributed by atoms with Gasteiger partial charge >= 0.3 is 12.1 Å². The summed E-state index contributed by atoms with van der Waals surface area (Å²) in [4.78, 5) is 29.4. The number of hydrogen-bond acceptors (Lipinski definition) is 2. The number of nitrogens with one attached hydrogen (secondary N) is 1. The van der Waals surface area contributed by atoms with E-state index in [9.17, 15) is 9.59 Å². The maximum Gasteiger partial charge on any atom is 0.319 e. The van der Waals surface area contributed by atoms with Gasteiger partial charge in [-0.25, -0.2) is 9.59 Å². The Labute approximate surface area is 140 Å². The van der Waals surface area contributed by atoms with Gasteiger partial charge < -0.3 is 20.0 Å². The summed E-state index contributed by atoms with van der Waals surface area (Å²) in [6.45, 7) is 12.7. The highest BCUT2D eigenvalue weighted by atomic mass is 16.2. The minimum absolute atomic E-state index is 0.00106. The number of likely N-dealkylation sites (tertiary alicyclic amines) is 2. The molecule has 0 radical (unpaired) electrons. The quantitative estimate of drug-likeness (QED) is 0.859. The van der Waals surface area contributed by atoms with Crippen LogP contribution in [-0.4, -0.2) is 73.6 Å². The number of carbonyl (C=O) groups is 2. The van der Waals surface area contributed by atoms with Crippen molar-refractivity contribution in [2.75, 3.05) is 46.8 Å². The molecule has 2 aliphatic heterocycles. The SMILES string of the molecule is CC(C)C1CN(C(=O)NCC(C)(C)C2CN(C(=O)N(C)C)C2)C1. The smallest absolute Gasteiger partial charge is 0.319 e. The van der Waals surface area contributed by atoms with Crippen molar-refractivity contribution in [2.24, 2.45) is 23.2 Å². The molecule has 0 aromatic carbocycles. The van der Waals surface area contributed by atoms with Crippen LogP contribution in [0.25, 0.3) is 0 Å². The standard InChI is InChI=1S/C17H32N4O2/c1-12(2)13-7-20(8-13)15(22)18-11-17(3,4)14-9-21(10-14)16(23)19(5)6/h12-14H,7-11H2,1-6H3,(H,18,22). The number of rotatable bonds is 4. The molecular formula is C17H32N4O2. The third-order valence-electron chi connectivity index (χ3n) is 5.47. The lowest BCUT2D eigenvalue weighted by Gasteiger charge is -2.48. The van der Waals surface area contributed by atoms with Crippen molar-refractivity contribution in [3.8, 4) is 0 Å². The van der Waals surface area contributed by atoms with Gasteiger partial charge in [0.25, 0.3) is 0 Å². The fourth-order valence-electron chi connectivity index (χ4n) is 3.07. The van der Waals surface area contributed by atoms with Crippen molar-refractivity contribution in [2.45, 2.75) is 27.7 Å². The van der Waals surface area contributed by atoms with Crippen molar-refractivity contribution < 1.29 is 9.59 Å². The largest absolute Gasteiger partial charge is 0.337 e. The third kappa shape index (κ3) is 3.90. The monoisotopic (exact) mass is 324 g/mol. The zero-order chi connectivity index (χ0) is 17.4. The molecule has 2 saturated heterocycles. The van der Waals surface area contributed by atoms with Crippen LogP contribution in [0.15, 0.2) is 0 Å². The van der Waals surface area contributed by atoms with E-state index in [1.165, 1.54) is 0 Å². The topological polar surface area (TPSA) is 55.9 Å². The molecule has 0 aromatic rings. The van der Waals surface area contributed by atoms with E-state index >= 15 is 0 Å². The number of nitrogens with zero attached hydrogens (tertiary/aromatic N) is 3. The van der Waals surface area contributed by atoms with E-state index in [0.29, 0.717) is 24.3 Å². The van der Waals surface area contributed by atoms with Gasteiger partial charge in [-0.05, 0) is 17.3 Å². The van der Waals surface area contributed by atoms with E-state index in [1.54, 1.807) is 19.0 Å². The van der Waals surface area contributed by atoms with Crippen LogP contribution >= 0.6 is 0 Å². The summed E-state index contributed by atoms with van der Waals surface area (Å²) in [6, 6.07) is 0.122. The molecule has 0 unspecified atom stereocenters. The first-order valence-electron chi connectivity index (χ1n) is 8.61. The van der Waals surface area contributed by atoms with Crippen molar-refractivity contribution in [3.63, 3.8) is 0 Å². The summed E-state index contributed by atoms with van der Waals surface area (Å²) >= 11 is 0. The van der Waals surface area contributed by atoms with Gasteiger partial charge in [0, 0.05) is 52.7 Å². The maximum atomic E-state index is 12.2. The van der Waals surface area contributed by atoms with Crippen molar-refractivity contribution in [3.05, 3.63) is 0 Å². The molecule has 2 heterocycles. The molecule has 6 nitrogen and oxygen atoms in total. The highest BCUT2D eigenvalue weighted by molar-refractivity contribution is 5.75. The van der Waals surface area contributed by atoms with Gasteiger partial charge in [-0.2, -0.15) is 0 Å². The Balaban J connectivity index is 1.71. The Bertz CT molecular complexity index is 450. The number of amides is 4. The minimum Gasteiger partial charge on any atom is -0.337 e. The van der Waals surface area contributed by atoms with Crippen LogP contribution < -0.4 is 5.32 Å². The van der Waals surface area contributed by atoms with Crippen LogP contribution in [0.4, 0.5) is 9.59 Å². The lowest BCUT2D eigenvalue weighted by atomic mass is 9.74. The molecule has 132 valence electrons. The first-order valence-corrected chi connectivity index (χ1v) is 8.61. The lowest BCUT2D eigenvalue weighted by Crippen LogP contribution is -2.60. The fourth-order valence-corrected chi connectivity index (χ4v) is 3.07. The predicted octanol–water partition coefficient (Wildman–Crippen LogP) is 1.92. The Kier molecular flexibility index (Phi) is 5.11. The van der Waals surface area contributed by atoms with Crippen LogP contribution in [-0.2, 0) is 0 Å². The highest BCUT2D eigenvalue weighted by Gasteiger charge is 2.42. The molecule has 2 fully saturated rings. The van der Waals surface area contributed by atoms with Crippen LogP contribution in [0.5, 0.6) is 0 Å². The maximum absolute atomic E-state index is 12.2. The molecule has 0 aliphatic carbocycles. The number of urea groups is 2. The van der Waals surface area contributed by atoms with Crippen LogP contribution in [0.1, 0.15) is 27.7 Å². The molecule has 2 aliphatic rings. The summed E-state index contributed by atoms with van der Waals surface area (Å²) < 4.78 is 0. The second kappa shape index (κ2) is 6.57. The average molecular weight is 324 g/mol. The Hall–Kier alpha value is -1.46. The second-order valence-corrected chi connectivity index (χ2v) is 8.34. The summed E-state index contributed by atoms with van der Waals surface area (Å²) in [5, 5.41) is 3.07. The minimum atomic E-state index is 0.00106. The van der Waals surface area contributed by atoms with E-state index < -0.39 is 0 Å².